The number of rotatable bonds is 20. The Balaban J connectivity index is 4.81. The minimum Gasteiger partial charge on any atom is -0.481 e. The zero-order chi connectivity index (χ0) is 27.1. The molecule has 0 spiro atoms. The molecule has 0 amide bonds. The average Bonchev–Trinajstić information content (AvgIpc) is 2.71. The van der Waals surface area contributed by atoms with E-state index in [0.29, 0.717) is 0 Å². The monoisotopic (exact) mass is 497 g/mol. The lowest BCUT2D eigenvalue weighted by atomic mass is 9.67. The van der Waals surface area contributed by atoms with E-state index in [0.717, 1.165) is 12.8 Å². The smallest absolute Gasteiger partial charge is 0.324 e. The van der Waals surface area contributed by atoms with Crippen molar-refractivity contribution in [2.24, 2.45) is 5.41 Å². The van der Waals surface area contributed by atoms with E-state index in [-0.39, 0.29) is 18.9 Å². The summed E-state index contributed by atoms with van der Waals surface area (Å²) >= 11 is 0. The Hall–Kier alpha value is -1.10. The predicted molar refractivity (Wildman–Crippen MR) is 148 cm³/mol. The molecule has 0 bridgehead atoms. The SMILES string of the molecule is CCCCCCCCCCCCCCCC(C)N(C(C)(C)C)[C@@](CCC(=O)O)(C(=O)O)C(C)(C)C. The van der Waals surface area contributed by atoms with Gasteiger partial charge in [0, 0.05) is 18.0 Å². The van der Waals surface area contributed by atoms with Crippen LogP contribution in [0.5, 0.6) is 0 Å². The molecule has 2 atom stereocenters. The molecule has 0 aromatic rings. The first kappa shape index (κ1) is 33.9. The molecule has 2 N–H and O–H groups in total. The van der Waals surface area contributed by atoms with Crippen molar-refractivity contribution in [3.8, 4) is 0 Å². The number of aliphatic carboxylic acids is 2. The number of hydrogen-bond acceptors (Lipinski definition) is 3. The van der Waals surface area contributed by atoms with Crippen LogP contribution in [0.25, 0.3) is 0 Å². The third-order valence-corrected chi connectivity index (χ3v) is 7.60. The van der Waals surface area contributed by atoms with Gasteiger partial charge in [0.1, 0.15) is 5.54 Å². The largest absolute Gasteiger partial charge is 0.481 e. The molecule has 0 rings (SSSR count). The van der Waals surface area contributed by atoms with Gasteiger partial charge in [0.15, 0.2) is 0 Å². The quantitative estimate of drug-likeness (QED) is 0.164. The maximum absolute atomic E-state index is 12.8. The fourth-order valence-electron chi connectivity index (χ4n) is 5.87. The summed E-state index contributed by atoms with van der Waals surface area (Å²) < 4.78 is 0. The van der Waals surface area contributed by atoms with Gasteiger partial charge in [-0.3, -0.25) is 14.5 Å². The van der Waals surface area contributed by atoms with Crippen LogP contribution in [0.1, 0.15) is 158 Å². The Kier molecular flexibility index (Phi) is 16.1. The summed E-state index contributed by atoms with van der Waals surface area (Å²) in [4.78, 5) is 26.4. The highest BCUT2D eigenvalue weighted by Crippen LogP contribution is 2.45. The van der Waals surface area contributed by atoms with Gasteiger partial charge in [-0.1, -0.05) is 111 Å². The normalized spacial score (nSPS) is 15.2. The Morgan fingerprint density at radius 3 is 1.43 bits per heavy atom. The standard InChI is InChI=1S/C30H59NO4/c1-9-10-11-12-13-14-15-16-17-18-19-20-21-22-25(2)31(29(6,7)8)30(27(34)35,28(3,4)5)24-23-26(32)33/h25H,9-24H2,1-8H3,(H,32,33)(H,34,35)/t25?,30-/m0/s1. The highest BCUT2D eigenvalue weighted by atomic mass is 16.4. The summed E-state index contributed by atoms with van der Waals surface area (Å²) in [5.74, 6) is -1.86. The van der Waals surface area contributed by atoms with Gasteiger partial charge in [-0.2, -0.15) is 0 Å². The van der Waals surface area contributed by atoms with Crippen LogP contribution in [0.4, 0.5) is 0 Å². The van der Waals surface area contributed by atoms with Crippen LogP contribution in [0.15, 0.2) is 0 Å². The zero-order valence-electron chi connectivity index (χ0n) is 24.5. The molecular formula is C30H59NO4. The summed E-state index contributed by atoms with van der Waals surface area (Å²) in [5, 5.41) is 19.9. The Morgan fingerprint density at radius 2 is 1.11 bits per heavy atom. The maximum atomic E-state index is 12.8. The second-order valence-electron chi connectivity index (χ2n) is 12.7. The van der Waals surface area contributed by atoms with Crippen molar-refractivity contribution < 1.29 is 19.8 Å². The van der Waals surface area contributed by atoms with Crippen molar-refractivity contribution in [2.75, 3.05) is 0 Å². The molecule has 5 heteroatoms. The Labute approximate surface area is 217 Å². The molecule has 1 unspecified atom stereocenters. The van der Waals surface area contributed by atoms with Crippen LogP contribution in [0, 0.1) is 5.41 Å². The Morgan fingerprint density at radius 1 is 0.714 bits per heavy atom. The van der Waals surface area contributed by atoms with Crippen LogP contribution in [-0.2, 0) is 9.59 Å². The molecule has 5 nitrogen and oxygen atoms in total. The molecule has 0 saturated heterocycles. The second kappa shape index (κ2) is 16.6. The van der Waals surface area contributed by atoms with E-state index in [9.17, 15) is 19.8 Å². The van der Waals surface area contributed by atoms with E-state index in [2.05, 4.69) is 39.5 Å². The molecule has 0 aromatic carbocycles. The van der Waals surface area contributed by atoms with E-state index < -0.39 is 28.4 Å². The van der Waals surface area contributed by atoms with E-state index in [4.69, 9.17) is 0 Å². The molecule has 0 radical (unpaired) electrons. The first-order valence-corrected chi connectivity index (χ1v) is 14.5. The highest BCUT2D eigenvalue weighted by molar-refractivity contribution is 5.81. The van der Waals surface area contributed by atoms with Crippen molar-refractivity contribution in [3.05, 3.63) is 0 Å². The van der Waals surface area contributed by atoms with Gasteiger partial charge in [0.2, 0.25) is 0 Å². The second-order valence-corrected chi connectivity index (χ2v) is 12.7. The van der Waals surface area contributed by atoms with Crippen LogP contribution in [0.2, 0.25) is 0 Å². The summed E-state index contributed by atoms with van der Waals surface area (Å²) in [6, 6.07) is 0.0480. The molecule has 0 aliphatic rings. The molecule has 0 aromatic heterocycles. The van der Waals surface area contributed by atoms with Gasteiger partial charge in [0.25, 0.3) is 0 Å². The minimum atomic E-state index is -1.25. The van der Waals surface area contributed by atoms with E-state index in [1.165, 1.54) is 77.0 Å². The van der Waals surface area contributed by atoms with Gasteiger partial charge < -0.3 is 10.2 Å². The van der Waals surface area contributed by atoms with Crippen LogP contribution in [0.3, 0.4) is 0 Å². The first-order valence-electron chi connectivity index (χ1n) is 14.5. The van der Waals surface area contributed by atoms with Gasteiger partial charge in [-0.05, 0) is 46.0 Å². The number of nitrogens with zero attached hydrogens (tertiary/aromatic N) is 1. The van der Waals surface area contributed by atoms with E-state index >= 15 is 0 Å². The molecule has 0 heterocycles. The van der Waals surface area contributed by atoms with Crippen molar-refractivity contribution >= 4 is 11.9 Å². The van der Waals surface area contributed by atoms with Crippen LogP contribution in [-0.4, -0.2) is 44.2 Å². The topological polar surface area (TPSA) is 77.8 Å². The molecule has 0 aliphatic heterocycles. The van der Waals surface area contributed by atoms with Gasteiger partial charge >= 0.3 is 11.9 Å². The lowest BCUT2D eigenvalue weighted by Crippen LogP contribution is -2.69. The van der Waals surface area contributed by atoms with Crippen molar-refractivity contribution in [1.29, 1.82) is 0 Å². The third-order valence-electron chi connectivity index (χ3n) is 7.60. The Bertz CT molecular complexity index is 590. The summed E-state index contributed by atoms with van der Waals surface area (Å²) in [6.07, 6.45) is 17.9. The van der Waals surface area contributed by atoms with Crippen LogP contribution >= 0.6 is 0 Å². The fourth-order valence-corrected chi connectivity index (χ4v) is 5.87. The molecular weight excluding hydrogens is 438 g/mol. The highest BCUT2D eigenvalue weighted by Gasteiger charge is 2.57. The van der Waals surface area contributed by atoms with Crippen molar-refractivity contribution in [1.82, 2.24) is 4.90 Å². The lowest BCUT2D eigenvalue weighted by molar-refractivity contribution is -0.175. The van der Waals surface area contributed by atoms with Crippen molar-refractivity contribution in [2.45, 2.75) is 175 Å². The summed E-state index contributed by atoms with van der Waals surface area (Å²) in [6.45, 7) is 16.3. The van der Waals surface area contributed by atoms with Gasteiger partial charge in [-0.15, -0.1) is 0 Å². The number of carboxylic acids is 2. The number of hydrogen-bond donors (Lipinski definition) is 2. The number of unbranched alkanes of at least 4 members (excludes halogenated alkanes) is 12. The van der Waals surface area contributed by atoms with E-state index in [1.807, 2.05) is 20.8 Å². The molecule has 208 valence electrons. The summed E-state index contributed by atoms with van der Waals surface area (Å²) in [5.41, 5.74) is -2.27. The number of carboxylic acid groups (broad SMARTS) is 2. The van der Waals surface area contributed by atoms with Gasteiger partial charge in [0.05, 0.1) is 0 Å². The zero-order valence-corrected chi connectivity index (χ0v) is 24.5. The molecule has 0 aliphatic carbocycles. The molecule has 35 heavy (non-hydrogen) atoms. The molecule has 0 fully saturated rings. The van der Waals surface area contributed by atoms with Gasteiger partial charge in [-0.25, -0.2) is 0 Å². The summed E-state index contributed by atoms with van der Waals surface area (Å²) in [7, 11) is 0. The third kappa shape index (κ3) is 12.1. The number of carbonyl (C=O) groups is 2. The average molecular weight is 498 g/mol. The fraction of sp³-hybridized carbons (Fsp3) is 0.933. The van der Waals surface area contributed by atoms with Crippen molar-refractivity contribution in [3.63, 3.8) is 0 Å². The predicted octanol–water partition coefficient (Wildman–Crippen LogP) is 8.69. The minimum absolute atomic E-state index is 0.0480. The lowest BCUT2D eigenvalue weighted by Gasteiger charge is -2.57. The first-order chi connectivity index (χ1) is 16.2. The van der Waals surface area contributed by atoms with Crippen LogP contribution < -0.4 is 0 Å². The maximum Gasteiger partial charge on any atom is 0.324 e. The van der Waals surface area contributed by atoms with E-state index in [1.54, 1.807) is 0 Å². The molecule has 0 saturated carbocycles.